The van der Waals surface area contributed by atoms with Gasteiger partial charge < -0.3 is 5.73 Å². The first-order chi connectivity index (χ1) is 7.29. The summed E-state index contributed by atoms with van der Waals surface area (Å²) in [4.78, 5) is 12.8. The smallest absolute Gasteiger partial charge is 0.178 e. The highest BCUT2D eigenvalue weighted by molar-refractivity contribution is 5.48. The topological polar surface area (TPSA) is 64.7 Å². The van der Waals surface area contributed by atoms with E-state index in [1.54, 1.807) is 12.3 Å². The van der Waals surface area contributed by atoms with Crippen molar-refractivity contribution in [2.24, 2.45) is 5.73 Å². The standard InChI is InChI=1S/C11H12N4/c1-8-3-2-4-10(14-8)11-13-6-5-9(7-12)15-11/h2-6H,7,12H2,1H3. The summed E-state index contributed by atoms with van der Waals surface area (Å²) in [5.41, 5.74) is 8.07. The quantitative estimate of drug-likeness (QED) is 0.793. The Kier molecular flexibility index (Phi) is 2.69. The second kappa shape index (κ2) is 4.14. The summed E-state index contributed by atoms with van der Waals surface area (Å²) in [7, 11) is 0. The first-order valence-corrected chi connectivity index (χ1v) is 4.75. The minimum absolute atomic E-state index is 0.418. The number of rotatable bonds is 2. The summed E-state index contributed by atoms with van der Waals surface area (Å²) < 4.78 is 0. The largest absolute Gasteiger partial charge is 0.325 e. The Morgan fingerprint density at radius 2 is 2.07 bits per heavy atom. The molecule has 0 aliphatic rings. The van der Waals surface area contributed by atoms with Crippen LogP contribution >= 0.6 is 0 Å². The maximum Gasteiger partial charge on any atom is 0.178 e. The zero-order valence-corrected chi connectivity index (χ0v) is 8.51. The zero-order chi connectivity index (χ0) is 10.7. The monoisotopic (exact) mass is 200 g/mol. The van der Waals surface area contributed by atoms with Crippen LogP contribution in [0, 0.1) is 6.92 Å². The lowest BCUT2D eigenvalue weighted by molar-refractivity contribution is 0.963. The van der Waals surface area contributed by atoms with Gasteiger partial charge in [0.05, 0.1) is 5.69 Å². The van der Waals surface area contributed by atoms with Gasteiger partial charge in [0.1, 0.15) is 5.69 Å². The predicted octanol–water partition coefficient (Wildman–Crippen LogP) is 1.31. The normalized spacial score (nSPS) is 10.3. The van der Waals surface area contributed by atoms with Gasteiger partial charge >= 0.3 is 0 Å². The van der Waals surface area contributed by atoms with Crippen molar-refractivity contribution in [3.63, 3.8) is 0 Å². The third-order valence-corrected chi connectivity index (χ3v) is 2.04. The third kappa shape index (κ3) is 2.16. The van der Waals surface area contributed by atoms with Crippen molar-refractivity contribution in [2.75, 3.05) is 0 Å². The molecule has 0 saturated heterocycles. The van der Waals surface area contributed by atoms with Crippen LogP contribution in [0.1, 0.15) is 11.4 Å². The molecule has 4 heteroatoms. The molecule has 0 amide bonds. The zero-order valence-electron chi connectivity index (χ0n) is 8.51. The lowest BCUT2D eigenvalue weighted by Gasteiger charge is -2.01. The maximum atomic E-state index is 5.52. The maximum absolute atomic E-state index is 5.52. The van der Waals surface area contributed by atoms with Crippen LogP contribution in [0.5, 0.6) is 0 Å². The average molecular weight is 200 g/mol. The fourth-order valence-corrected chi connectivity index (χ4v) is 1.30. The van der Waals surface area contributed by atoms with E-state index in [0.29, 0.717) is 12.4 Å². The van der Waals surface area contributed by atoms with Crippen molar-refractivity contribution in [1.82, 2.24) is 15.0 Å². The van der Waals surface area contributed by atoms with Crippen LogP contribution in [-0.2, 0) is 6.54 Å². The van der Waals surface area contributed by atoms with Gasteiger partial charge in [-0.3, -0.25) is 0 Å². The Hall–Kier alpha value is -1.81. The number of hydrogen-bond acceptors (Lipinski definition) is 4. The molecule has 0 aliphatic heterocycles. The van der Waals surface area contributed by atoms with E-state index >= 15 is 0 Å². The van der Waals surface area contributed by atoms with Gasteiger partial charge in [-0.15, -0.1) is 0 Å². The lowest BCUT2D eigenvalue weighted by Crippen LogP contribution is -2.02. The average Bonchev–Trinajstić information content (AvgIpc) is 2.29. The minimum Gasteiger partial charge on any atom is -0.325 e. The van der Waals surface area contributed by atoms with E-state index in [9.17, 15) is 0 Å². The molecule has 0 aromatic carbocycles. The second-order valence-corrected chi connectivity index (χ2v) is 3.24. The van der Waals surface area contributed by atoms with Gasteiger partial charge in [-0.05, 0) is 25.1 Å². The molecule has 76 valence electrons. The van der Waals surface area contributed by atoms with Crippen LogP contribution < -0.4 is 5.73 Å². The highest BCUT2D eigenvalue weighted by Crippen LogP contribution is 2.11. The van der Waals surface area contributed by atoms with Gasteiger partial charge in [0.2, 0.25) is 0 Å². The van der Waals surface area contributed by atoms with Crippen molar-refractivity contribution in [3.8, 4) is 11.5 Å². The van der Waals surface area contributed by atoms with Crippen LogP contribution in [-0.4, -0.2) is 15.0 Å². The Bertz CT molecular complexity index is 468. The van der Waals surface area contributed by atoms with E-state index in [0.717, 1.165) is 17.1 Å². The molecule has 2 N–H and O–H groups in total. The molecule has 4 nitrogen and oxygen atoms in total. The van der Waals surface area contributed by atoms with Crippen molar-refractivity contribution in [2.45, 2.75) is 13.5 Å². The molecule has 0 radical (unpaired) electrons. The fourth-order valence-electron chi connectivity index (χ4n) is 1.30. The van der Waals surface area contributed by atoms with Crippen LogP contribution in [0.15, 0.2) is 30.5 Å². The van der Waals surface area contributed by atoms with E-state index in [1.165, 1.54) is 0 Å². The first kappa shape index (κ1) is 9.73. The molecule has 0 spiro atoms. The van der Waals surface area contributed by atoms with Gasteiger partial charge in [0.15, 0.2) is 5.82 Å². The first-order valence-electron chi connectivity index (χ1n) is 4.75. The van der Waals surface area contributed by atoms with E-state index < -0.39 is 0 Å². The number of pyridine rings is 1. The molecule has 0 fully saturated rings. The molecule has 2 rings (SSSR count). The van der Waals surface area contributed by atoms with Gasteiger partial charge in [-0.2, -0.15) is 0 Å². The number of aromatic nitrogens is 3. The molecule has 0 aliphatic carbocycles. The molecular weight excluding hydrogens is 188 g/mol. The number of nitrogens with zero attached hydrogens (tertiary/aromatic N) is 3. The molecular formula is C11H12N4. The summed E-state index contributed by atoms with van der Waals surface area (Å²) >= 11 is 0. The summed E-state index contributed by atoms with van der Waals surface area (Å²) in [6, 6.07) is 7.58. The summed E-state index contributed by atoms with van der Waals surface area (Å²) in [5.74, 6) is 0.627. The van der Waals surface area contributed by atoms with Crippen molar-refractivity contribution >= 4 is 0 Å². The summed E-state index contributed by atoms with van der Waals surface area (Å²) in [6.07, 6.45) is 1.70. The van der Waals surface area contributed by atoms with Crippen LogP contribution in [0.25, 0.3) is 11.5 Å². The van der Waals surface area contributed by atoms with Crippen LogP contribution in [0.2, 0.25) is 0 Å². The molecule has 2 aromatic rings. The summed E-state index contributed by atoms with van der Waals surface area (Å²) in [5, 5.41) is 0. The Morgan fingerprint density at radius 3 is 2.80 bits per heavy atom. The van der Waals surface area contributed by atoms with Crippen molar-refractivity contribution < 1.29 is 0 Å². The fraction of sp³-hybridized carbons (Fsp3) is 0.182. The molecule has 0 unspecified atom stereocenters. The van der Waals surface area contributed by atoms with E-state index in [1.807, 2.05) is 25.1 Å². The van der Waals surface area contributed by atoms with E-state index in [-0.39, 0.29) is 0 Å². The second-order valence-electron chi connectivity index (χ2n) is 3.24. The van der Waals surface area contributed by atoms with Gasteiger partial charge in [0, 0.05) is 18.4 Å². The Labute approximate surface area is 88.2 Å². The van der Waals surface area contributed by atoms with Crippen LogP contribution in [0.3, 0.4) is 0 Å². The highest BCUT2D eigenvalue weighted by Gasteiger charge is 2.02. The highest BCUT2D eigenvalue weighted by atomic mass is 14.9. The SMILES string of the molecule is Cc1cccc(-c2nccc(CN)n2)n1. The molecule has 2 aromatic heterocycles. The van der Waals surface area contributed by atoms with E-state index in [4.69, 9.17) is 5.73 Å². The Morgan fingerprint density at radius 1 is 1.20 bits per heavy atom. The van der Waals surface area contributed by atoms with Gasteiger partial charge in [0.25, 0.3) is 0 Å². The van der Waals surface area contributed by atoms with Gasteiger partial charge in [-0.25, -0.2) is 15.0 Å². The Balaban J connectivity index is 2.44. The van der Waals surface area contributed by atoms with Crippen LogP contribution in [0.4, 0.5) is 0 Å². The predicted molar refractivity (Wildman–Crippen MR) is 57.9 cm³/mol. The summed E-state index contributed by atoms with van der Waals surface area (Å²) in [6.45, 7) is 2.36. The molecule has 0 saturated carbocycles. The van der Waals surface area contributed by atoms with E-state index in [2.05, 4.69) is 15.0 Å². The number of aryl methyl sites for hydroxylation is 1. The molecule has 0 bridgehead atoms. The van der Waals surface area contributed by atoms with Gasteiger partial charge in [-0.1, -0.05) is 6.07 Å². The van der Waals surface area contributed by atoms with Crippen molar-refractivity contribution in [3.05, 3.63) is 41.9 Å². The number of hydrogen-bond donors (Lipinski definition) is 1. The molecule has 2 heterocycles. The molecule has 15 heavy (non-hydrogen) atoms. The third-order valence-electron chi connectivity index (χ3n) is 2.04. The molecule has 0 atom stereocenters. The lowest BCUT2D eigenvalue weighted by atomic mass is 10.3. The van der Waals surface area contributed by atoms with Crippen molar-refractivity contribution in [1.29, 1.82) is 0 Å². The number of nitrogens with two attached hydrogens (primary N) is 1. The minimum atomic E-state index is 0.418.